The Morgan fingerprint density at radius 3 is 2.84 bits per heavy atom. The monoisotopic (exact) mass is 338 g/mol. The van der Waals surface area contributed by atoms with Gasteiger partial charge in [0.15, 0.2) is 0 Å². The number of aryl methyl sites for hydroxylation is 3. The van der Waals surface area contributed by atoms with Gasteiger partial charge >= 0.3 is 0 Å². The van der Waals surface area contributed by atoms with Gasteiger partial charge < -0.3 is 9.42 Å². The second-order valence-electron chi connectivity index (χ2n) is 6.48. The van der Waals surface area contributed by atoms with Crippen LogP contribution >= 0.6 is 0 Å². The SMILES string of the molecule is Cn1cc(CCc2nc(-c3ccnc(N4CCCCC4)c3)no2)cn1. The lowest BCUT2D eigenvalue weighted by Gasteiger charge is -2.27. The number of rotatable bonds is 5. The second-order valence-corrected chi connectivity index (χ2v) is 6.48. The molecule has 0 spiro atoms. The van der Waals surface area contributed by atoms with Gasteiger partial charge in [-0.05, 0) is 43.4 Å². The number of piperidine rings is 1. The number of anilines is 1. The maximum absolute atomic E-state index is 5.41. The molecule has 4 heterocycles. The van der Waals surface area contributed by atoms with Crippen molar-refractivity contribution >= 4 is 5.82 Å². The first-order chi connectivity index (χ1) is 12.3. The minimum atomic E-state index is 0.627. The molecule has 1 aliphatic rings. The molecular formula is C18H22N6O. The van der Waals surface area contributed by atoms with Gasteiger partial charge in [0.05, 0.1) is 6.20 Å². The molecule has 1 saturated heterocycles. The summed E-state index contributed by atoms with van der Waals surface area (Å²) >= 11 is 0. The highest BCUT2D eigenvalue weighted by Crippen LogP contribution is 2.23. The van der Waals surface area contributed by atoms with Crippen LogP contribution in [0, 0.1) is 0 Å². The number of pyridine rings is 1. The van der Waals surface area contributed by atoms with Crippen LogP contribution in [0.3, 0.4) is 0 Å². The van der Waals surface area contributed by atoms with Gasteiger partial charge in [-0.15, -0.1) is 0 Å². The van der Waals surface area contributed by atoms with Crippen LogP contribution in [0.5, 0.6) is 0 Å². The zero-order valence-electron chi connectivity index (χ0n) is 14.4. The number of hydrogen-bond acceptors (Lipinski definition) is 6. The highest BCUT2D eigenvalue weighted by molar-refractivity contribution is 5.59. The van der Waals surface area contributed by atoms with Gasteiger partial charge in [0.2, 0.25) is 11.7 Å². The summed E-state index contributed by atoms with van der Waals surface area (Å²) in [5.74, 6) is 2.27. The molecule has 0 unspecified atom stereocenters. The molecule has 0 radical (unpaired) electrons. The first-order valence-corrected chi connectivity index (χ1v) is 8.79. The number of hydrogen-bond donors (Lipinski definition) is 0. The van der Waals surface area contributed by atoms with Gasteiger partial charge in [0.1, 0.15) is 5.82 Å². The molecule has 4 rings (SSSR count). The Labute approximate surface area is 146 Å². The third-order valence-corrected chi connectivity index (χ3v) is 4.54. The van der Waals surface area contributed by atoms with E-state index >= 15 is 0 Å². The first kappa shape index (κ1) is 15.8. The van der Waals surface area contributed by atoms with Crippen molar-refractivity contribution < 1.29 is 4.52 Å². The summed E-state index contributed by atoms with van der Waals surface area (Å²) in [7, 11) is 1.91. The molecule has 0 bridgehead atoms. The Morgan fingerprint density at radius 2 is 2.04 bits per heavy atom. The van der Waals surface area contributed by atoms with Crippen molar-refractivity contribution in [3.05, 3.63) is 42.2 Å². The molecule has 7 nitrogen and oxygen atoms in total. The summed E-state index contributed by atoms with van der Waals surface area (Å²) in [5, 5.41) is 8.31. The third kappa shape index (κ3) is 3.70. The molecule has 3 aromatic rings. The van der Waals surface area contributed by atoms with E-state index in [0.29, 0.717) is 18.1 Å². The van der Waals surface area contributed by atoms with E-state index < -0.39 is 0 Å². The van der Waals surface area contributed by atoms with E-state index in [4.69, 9.17) is 4.52 Å². The molecule has 0 aliphatic carbocycles. The summed E-state index contributed by atoms with van der Waals surface area (Å²) in [6, 6.07) is 3.99. The van der Waals surface area contributed by atoms with Crippen molar-refractivity contribution in [1.29, 1.82) is 0 Å². The maximum atomic E-state index is 5.41. The lowest BCUT2D eigenvalue weighted by Crippen LogP contribution is -2.30. The van der Waals surface area contributed by atoms with E-state index in [1.165, 1.54) is 24.8 Å². The fourth-order valence-corrected chi connectivity index (χ4v) is 3.18. The quantitative estimate of drug-likeness (QED) is 0.712. The van der Waals surface area contributed by atoms with Crippen LogP contribution in [0.2, 0.25) is 0 Å². The van der Waals surface area contributed by atoms with E-state index in [0.717, 1.165) is 30.9 Å². The molecule has 130 valence electrons. The summed E-state index contributed by atoms with van der Waals surface area (Å²) < 4.78 is 7.21. The van der Waals surface area contributed by atoms with Crippen molar-refractivity contribution in [2.45, 2.75) is 32.1 Å². The topological polar surface area (TPSA) is 72.9 Å². The predicted octanol–water partition coefficient (Wildman–Crippen LogP) is 2.64. The molecule has 25 heavy (non-hydrogen) atoms. The van der Waals surface area contributed by atoms with Crippen LogP contribution < -0.4 is 4.90 Å². The van der Waals surface area contributed by atoms with Crippen LogP contribution in [-0.2, 0) is 19.9 Å². The minimum Gasteiger partial charge on any atom is -0.357 e. The molecule has 1 aliphatic heterocycles. The number of nitrogens with zero attached hydrogens (tertiary/aromatic N) is 6. The number of aromatic nitrogens is 5. The zero-order chi connectivity index (χ0) is 17.1. The lowest BCUT2D eigenvalue weighted by atomic mass is 10.1. The van der Waals surface area contributed by atoms with Gasteiger partial charge in [0, 0.05) is 44.5 Å². The highest BCUT2D eigenvalue weighted by Gasteiger charge is 2.15. The fraction of sp³-hybridized carbons (Fsp3) is 0.444. The Morgan fingerprint density at radius 1 is 1.16 bits per heavy atom. The molecule has 0 N–H and O–H groups in total. The molecule has 1 fully saturated rings. The van der Waals surface area contributed by atoms with Crippen molar-refractivity contribution in [2.75, 3.05) is 18.0 Å². The Hall–Kier alpha value is -2.70. The molecule has 0 atom stereocenters. The minimum absolute atomic E-state index is 0.627. The van der Waals surface area contributed by atoms with E-state index in [1.807, 2.05) is 31.7 Å². The lowest BCUT2D eigenvalue weighted by molar-refractivity contribution is 0.379. The Bertz CT molecular complexity index is 833. The summed E-state index contributed by atoms with van der Waals surface area (Å²) in [6.45, 7) is 2.14. The predicted molar refractivity (Wildman–Crippen MR) is 94.2 cm³/mol. The average molecular weight is 338 g/mol. The summed E-state index contributed by atoms with van der Waals surface area (Å²) in [5.41, 5.74) is 2.12. The van der Waals surface area contributed by atoms with Gasteiger partial charge in [0.25, 0.3) is 0 Å². The smallest absolute Gasteiger partial charge is 0.227 e. The normalized spacial score (nSPS) is 14.8. The van der Waals surface area contributed by atoms with Crippen LogP contribution in [0.4, 0.5) is 5.82 Å². The summed E-state index contributed by atoms with van der Waals surface area (Å²) in [6.07, 6.45) is 11.0. The molecule has 7 heteroatoms. The molecule has 0 saturated carbocycles. The Kier molecular flexibility index (Phi) is 4.45. The fourth-order valence-electron chi connectivity index (χ4n) is 3.18. The first-order valence-electron chi connectivity index (χ1n) is 8.79. The summed E-state index contributed by atoms with van der Waals surface area (Å²) in [4.78, 5) is 11.4. The molecule has 0 amide bonds. The van der Waals surface area contributed by atoms with Crippen LogP contribution in [-0.4, -0.2) is 38.0 Å². The third-order valence-electron chi connectivity index (χ3n) is 4.54. The van der Waals surface area contributed by atoms with Gasteiger partial charge in [-0.1, -0.05) is 5.16 Å². The van der Waals surface area contributed by atoms with Crippen molar-refractivity contribution in [2.24, 2.45) is 7.05 Å². The van der Waals surface area contributed by atoms with E-state index in [1.54, 1.807) is 4.68 Å². The van der Waals surface area contributed by atoms with Gasteiger partial charge in [-0.2, -0.15) is 10.1 Å². The van der Waals surface area contributed by atoms with Gasteiger partial charge in [-0.25, -0.2) is 4.98 Å². The van der Waals surface area contributed by atoms with Gasteiger partial charge in [-0.3, -0.25) is 4.68 Å². The standard InChI is InChI=1S/C18H22N6O/c1-23-13-14(12-20-23)5-6-17-21-18(22-25-17)15-7-8-19-16(11-15)24-9-3-2-4-10-24/h7-8,11-13H,2-6,9-10H2,1H3. The van der Waals surface area contributed by atoms with E-state index in [9.17, 15) is 0 Å². The van der Waals surface area contributed by atoms with E-state index in [2.05, 4.69) is 31.2 Å². The molecule has 3 aromatic heterocycles. The molecule has 0 aromatic carbocycles. The highest BCUT2D eigenvalue weighted by atomic mass is 16.5. The largest absolute Gasteiger partial charge is 0.357 e. The van der Waals surface area contributed by atoms with Crippen LogP contribution in [0.25, 0.3) is 11.4 Å². The zero-order valence-corrected chi connectivity index (χ0v) is 14.4. The van der Waals surface area contributed by atoms with Crippen LogP contribution in [0.15, 0.2) is 35.2 Å². The maximum Gasteiger partial charge on any atom is 0.227 e. The van der Waals surface area contributed by atoms with Crippen molar-refractivity contribution in [1.82, 2.24) is 24.9 Å². The Balaban J connectivity index is 1.46. The van der Waals surface area contributed by atoms with Crippen molar-refractivity contribution in [3.63, 3.8) is 0 Å². The average Bonchev–Trinajstić information content (AvgIpc) is 3.30. The van der Waals surface area contributed by atoms with E-state index in [-0.39, 0.29) is 0 Å². The van der Waals surface area contributed by atoms with Crippen LogP contribution in [0.1, 0.15) is 30.7 Å². The molecular weight excluding hydrogens is 316 g/mol. The second kappa shape index (κ2) is 7.04. The van der Waals surface area contributed by atoms with Crippen molar-refractivity contribution in [3.8, 4) is 11.4 Å².